The summed E-state index contributed by atoms with van der Waals surface area (Å²) < 4.78 is 0. The lowest BCUT2D eigenvalue weighted by Gasteiger charge is -2.32. The van der Waals surface area contributed by atoms with Gasteiger partial charge in [0.25, 0.3) is 0 Å². The average molecular weight is 412 g/mol. The van der Waals surface area contributed by atoms with Gasteiger partial charge in [-0.1, -0.05) is 27.2 Å². The van der Waals surface area contributed by atoms with Crippen LogP contribution in [0.25, 0.3) is 0 Å². The smallest absolute Gasteiger partial charge is 0.233 e. The number of aromatic nitrogens is 4. The number of carbonyl (C=O) groups is 1. The van der Waals surface area contributed by atoms with Crippen LogP contribution < -0.4 is 10.2 Å². The first-order valence-electron chi connectivity index (χ1n) is 10.9. The molecule has 3 heterocycles. The molecule has 2 aromatic rings. The number of nitrogens with zero attached hydrogens (tertiary/aromatic N) is 6. The van der Waals surface area contributed by atoms with E-state index in [0.717, 1.165) is 51.3 Å². The van der Waals surface area contributed by atoms with Crippen molar-refractivity contribution in [1.29, 1.82) is 0 Å². The van der Waals surface area contributed by atoms with Gasteiger partial charge < -0.3 is 15.1 Å². The normalized spacial score (nSPS) is 14.9. The average Bonchev–Trinajstić information content (AvgIpc) is 2.74. The predicted molar refractivity (Wildman–Crippen MR) is 119 cm³/mol. The summed E-state index contributed by atoms with van der Waals surface area (Å²) in [7, 11) is 2.12. The quantitative estimate of drug-likeness (QED) is 0.629. The summed E-state index contributed by atoms with van der Waals surface area (Å²) in [6, 6.07) is 3.55. The second-order valence-electron chi connectivity index (χ2n) is 8.28. The number of likely N-dealkylation sites (N-methyl/N-ethyl adjacent to an activating group) is 1. The Kier molecular flexibility index (Phi) is 7.68. The summed E-state index contributed by atoms with van der Waals surface area (Å²) in [6.07, 6.45) is 4.90. The number of aryl methyl sites for hydroxylation is 1. The van der Waals surface area contributed by atoms with Crippen LogP contribution in [0, 0.1) is 5.92 Å². The molecule has 1 fully saturated rings. The van der Waals surface area contributed by atoms with Crippen LogP contribution in [-0.4, -0.2) is 63.8 Å². The van der Waals surface area contributed by atoms with E-state index in [1.165, 1.54) is 0 Å². The molecule has 1 aliphatic rings. The van der Waals surface area contributed by atoms with Crippen molar-refractivity contribution in [2.24, 2.45) is 5.92 Å². The van der Waals surface area contributed by atoms with E-state index in [0.29, 0.717) is 35.6 Å². The fourth-order valence-corrected chi connectivity index (χ4v) is 3.37. The van der Waals surface area contributed by atoms with Crippen molar-refractivity contribution in [3.63, 3.8) is 0 Å². The molecule has 0 radical (unpaired) electrons. The van der Waals surface area contributed by atoms with Gasteiger partial charge in [0, 0.05) is 50.8 Å². The maximum absolute atomic E-state index is 12.5. The van der Waals surface area contributed by atoms with Crippen LogP contribution in [0.15, 0.2) is 18.3 Å². The molecule has 0 bridgehead atoms. The van der Waals surface area contributed by atoms with E-state index in [1.807, 2.05) is 6.92 Å². The second-order valence-corrected chi connectivity index (χ2v) is 8.28. The summed E-state index contributed by atoms with van der Waals surface area (Å²) >= 11 is 0. The molecule has 0 saturated carbocycles. The van der Waals surface area contributed by atoms with Crippen molar-refractivity contribution in [1.82, 2.24) is 24.8 Å². The SMILES string of the molecule is CCc1nc(Nc2cc(C(=O)CCCC(C)C)ccn2)nc(N2CCN(C)CC2)n1. The molecule has 8 nitrogen and oxygen atoms in total. The van der Waals surface area contributed by atoms with Gasteiger partial charge in [0.2, 0.25) is 11.9 Å². The van der Waals surface area contributed by atoms with Crippen LogP contribution in [0.1, 0.15) is 56.2 Å². The molecule has 1 saturated heterocycles. The second kappa shape index (κ2) is 10.4. The Morgan fingerprint density at radius 3 is 2.63 bits per heavy atom. The maximum Gasteiger partial charge on any atom is 0.233 e. The van der Waals surface area contributed by atoms with Gasteiger partial charge in [-0.15, -0.1) is 0 Å². The first-order valence-corrected chi connectivity index (χ1v) is 10.9. The van der Waals surface area contributed by atoms with Crippen molar-refractivity contribution in [3.05, 3.63) is 29.7 Å². The number of carbonyl (C=O) groups excluding carboxylic acids is 1. The molecule has 30 heavy (non-hydrogen) atoms. The summed E-state index contributed by atoms with van der Waals surface area (Å²) in [5.41, 5.74) is 0.667. The monoisotopic (exact) mass is 411 g/mol. The van der Waals surface area contributed by atoms with Gasteiger partial charge in [-0.25, -0.2) is 4.98 Å². The van der Waals surface area contributed by atoms with Gasteiger partial charge in [-0.3, -0.25) is 4.79 Å². The molecular weight excluding hydrogens is 378 g/mol. The van der Waals surface area contributed by atoms with Gasteiger partial charge in [0.15, 0.2) is 5.78 Å². The molecule has 0 aromatic carbocycles. The lowest BCUT2D eigenvalue weighted by molar-refractivity contribution is 0.0978. The van der Waals surface area contributed by atoms with Crippen LogP contribution in [0.4, 0.5) is 17.7 Å². The van der Waals surface area contributed by atoms with E-state index < -0.39 is 0 Å². The Hall–Kier alpha value is -2.61. The number of Topliss-reactive ketones (excluding diaryl/α,β-unsaturated/α-hetero) is 1. The van der Waals surface area contributed by atoms with Crippen LogP contribution >= 0.6 is 0 Å². The standard InChI is InChI=1S/C22H33N7O/c1-5-19-24-21(27-22(26-19)29-13-11-28(4)12-14-29)25-20-15-17(9-10-23-20)18(30)8-6-7-16(2)3/h9-10,15-16H,5-8,11-14H2,1-4H3,(H,23,24,25,26,27). The third kappa shape index (κ3) is 6.19. The third-order valence-electron chi connectivity index (χ3n) is 5.28. The molecule has 1 aliphatic heterocycles. The van der Waals surface area contributed by atoms with Crippen LogP contribution in [0.5, 0.6) is 0 Å². The van der Waals surface area contributed by atoms with Crippen molar-refractivity contribution in [2.75, 3.05) is 43.4 Å². The predicted octanol–water partition coefficient (Wildman–Crippen LogP) is 3.33. The lowest BCUT2D eigenvalue weighted by Crippen LogP contribution is -2.45. The van der Waals surface area contributed by atoms with Gasteiger partial charge >= 0.3 is 0 Å². The zero-order valence-electron chi connectivity index (χ0n) is 18.6. The summed E-state index contributed by atoms with van der Waals surface area (Å²) in [5, 5.41) is 3.17. The van der Waals surface area contributed by atoms with E-state index in [-0.39, 0.29) is 5.78 Å². The number of hydrogen-bond donors (Lipinski definition) is 1. The van der Waals surface area contributed by atoms with E-state index >= 15 is 0 Å². The number of rotatable bonds is 9. The van der Waals surface area contributed by atoms with Crippen molar-refractivity contribution < 1.29 is 4.79 Å². The Morgan fingerprint density at radius 2 is 1.93 bits per heavy atom. The topological polar surface area (TPSA) is 87.1 Å². The number of piperazine rings is 1. The Balaban J connectivity index is 1.72. The first-order chi connectivity index (χ1) is 14.4. The maximum atomic E-state index is 12.5. The zero-order chi connectivity index (χ0) is 21.5. The minimum Gasteiger partial charge on any atom is -0.338 e. The minimum atomic E-state index is 0.143. The number of ketones is 1. The number of hydrogen-bond acceptors (Lipinski definition) is 8. The van der Waals surface area contributed by atoms with Gasteiger partial charge in [-0.2, -0.15) is 15.0 Å². The molecular formula is C22H33N7O. The van der Waals surface area contributed by atoms with E-state index in [1.54, 1.807) is 18.3 Å². The lowest BCUT2D eigenvalue weighted by atomic mass is 10.0. The van der Waals surface area contributed by atoms with E-state index in [4.69, 9.17) is 0 Å². The largest absolute Gasteiger partial charge is 0.338 e. The highest BCUT2D eigenvalue weighted by atomic mass is 16.1. The first kappa shape index (κ1) is 22.1. The molecule has 0 aliphatic carbocycles. The van der Waals surface area contributed by atoms with Gasteiger partial charge in [-0.05, 0) is 31.5 Å². The molecule has 0 atom stereocenters. The fraction of sp³-hybridized carbons (Fsp3) is 0.591. The van der Waals surface area contributed by atoms with Crippen molar-refractivity contribution in [2.45, 2.75) is 46.5 Å². The third-order valence-corrected chi connectivity index (χ3v) is 5.28. The van der Waals surface area contributed by atoms with Gasteiger partial charge in [0.05, 0.1) is 0 Å². The Morgan fingerprint density at radius 1 is 1.17 bits per heavy atom. The van der Waals surface area contributed by atoms with Crippen molar-refractivity contribution >= 4 is 23.5 Å². The van der Waals surface area contributed by atoms with Crippen LogP contribution in [0.3, 0.4) is 0 Å². The van der Waals surface area contributed by atoms with E-state index in [9.17, 15) is 4.79 Å². The number of anilines is 3. The minimum absolute atomic E-state index is 0.143. The summed E-state index contributed by atoms with van der Waals surface area (Å²) in [4.78, 5) is 35.1. The number of nitrogens with one attached hydrogen (secondary N) is 1. The highest BCUT2D eigenvalue weighted by molar-refractivity contribution is 5.96. The highest BCUT2D eigenvalue weighted by Crippen LogP contribution is 2.18. The van der Waals surface area contributed by atoms with E-state index in [2.05, 4.69) is 55.9 Å². The van der Waals surface area contributed by atoms with Crippen LogP contribution in [0.2, 0.25) is 0 Å². The molecule has 0 unspecified atom stereocenters. The Labute approximate surface area is 179 Å². The molecule has 8 heteroatoms. The molecule has 1 N–H and O–H groups in total. The van der Waals surface area contributed by atoms with Crippen molar-refractivity contribution in [3.8, 4) is 0 Å². The Bertz CT molecular complexity index is 847. The molecule has 2 aromatic heterocycles. The molecule has 0 spiro atoms. The van der Waals surface area contributed by atoms with Gasteiger partial charge in [0.1, 0.15) is 11.6 Å². The fourth-order valence-electron chi connectivity index (χ4n) is 3.37. The number of pyridine rings is 1. The summed E-state index contributed by atoms with van der Waals surface area (Å²) in [6.45, 7) is 10.1. The molecule has 0 amide bonds. The summed E-state index contributed by atoms with van der Waals surface area (Å²) in [5.74, 6) is 3.22. The highest BCUT2D eigenvalue weighted by Gasteiger charge is 2.18. The molecule has 3 rings (SSSR count). The molecule has 162 valence electrons. The van der Waals surface area contributed by atoms with Crippen LogP contribution in [-0.2, 0) is 6.42 Å². The zero-order valence-corrected chi connectivity index (χ0v) is 18.6.